The SMILES string of the molecule is CCOC(=O)CC(=O)OC(=O)c1ccc(ONC(N)=O)cc1. The van der Waals surface area contributed by atoms with Gasteiger partial charge in [0.25, 0.3) is 0 Å². The molecule has 0 atom stereocenters. The number of primary amides is 1. The first-order chi connectivity index (χ1) is 10.4. The molecule has 0 aliphatic rings. The molecule has 9 nitrogen and oxygen atoms in total. The molecule has 0 bridgehead atoms. The van der Waals surface area contributed by atoms with Crippen molar-refractivity contribution in [1.29, 1.82) is 0 Å². The highest BCUT2D eigenvalue weighted by Gasteiger charge is 2.17. The summed E-state index contributed by atoms with van der Waals surface area (Å²) in [7, 11) is 0. The quantitative estimate of drug-likeness (QED) is 0.438. The summed E-state index contributed by atoms with van der Waals surface area (Å²) in [4.78, 5) is 49.2. The van der Waals surface area contributed by atoms with Gasteiger partial charge in [0.2, 0.25) is 0 Å². The maximum absolute atomic E-state index is 11.6. The molecule has 0 aliphatic carbocycles. The summed E-state index contributed by atoms with van der Waals surface area (Å²) in [6.45, 7) is 1.71. The third kappa shape index (κ3) is 5.90. The van der Waals surface area contributed by atoms with Crippen molar-refractivity contribution in [2.24, 2.45) is 5.73 Å². The summed E-state index contributed by atoms with van der Waals surface area (Å²) in [6, 6.07) is 4.42. The maximum Gasteiger partial charge on any atom is 0.345 e. The number of rotatable bonds is 6. The van der Waals surface area contributed by atoms with E-state index in [1.807, 2.05) is 5.48 Å². The molecule has 1 aromatic carbocycles. The largest absolute Gasteiger partial charge is 0.466 e. The Hall–Kier alpha value is -3.10. The number of hydrogen-bond donors (Lipinski definition) is 2. The summed E-state index contributed by atoms with van der Waals surface area (Å²) in [5.41, 5.74) is 6.76. The van der Waals surface area contributed by atoms with E-state index in [1.165, 1.54) is 24.3 Å². The van der Waals surface area contributed by atoms with Crippen molar-refractivity contribution in [2.75, 3.05) is 6.61 Å². The van der Waals surface area contributed by atoms with Gasteiger partial charge < -0.3 is 20.0 Å². The summed E-state index contributed by atoms with van der Waals surface area (Å²) in [6.07, 6.45) is -0.649. The molecule has 0 spiro atoms. The minimum Gasteiger partial charge on any atom is -0.466 e. The number of urea groups is 1. The normalized spacial score (nSPS) is 9.50. The van der Waals surface area contributed by atoms with E-state index in [0.717, 1.165) is 0 Å². The zero-order valence-corrected chi connectivity index (χ0v) is 11.7. The monoisotopic (exact) mass is 310 g/mol. The molecule has 0 radical (unpaired) electrons. The average Bonchev–Trinajstić information content (AvgIpc) is 2.45. The van der Waals surface area contributed by atoms with Crippen LogP contribution in [-0.2, 0) is 19.1 Å². The lowest BCUT2D eigenvalue weighted by Crippen LogP contribution is -2.32. The fourth-order valence-corrected chi connectivity index (χ4v) is 1.30. The van der Waals surface area contributed by atoms with Crippen molar-refractivity contribution in [3.8, 4) is 5.75 Å². The van der Waals surface area contributed by atoms with Crippen LogP contribution in [0, 0.1) is 0 Å². The molecule has 0 fully saturated rings. The summed E-state index contributed by atoms with van der Waals surface area (Å²) in [5.74, 6) is -2.50. The topological polar surface area (TPSA) is 134 Å². The van der Waals surface area contributed by atoms with Gasteiger partial charge in [0.05, 0.1) is 12.2 Å². The Morgan fingerprint density at radius 2 is 1.73 bits per heavy atom. The van der Waals surface area contributed by atoms with Crippen LogP contribution in [0.5, 0.6) is 5.75 Å². The highest BCUT2D eigenvalue weighted by molar-refractivity contribution is 6.01. The molecule has 2 amide bonds. The van der Waals surface area contributed by atoms with Gasteiger partial charge in [-0.2, -0.15) is 5.48 Å². The highest BCUT2D eigenvalue weighted by atomic mass is 16.7. The standard InChI is InChI=1S/C13H14N2O7/c1-2-20-10(16)7-11(17)21-12(18)8-3-5-9(6-4-8)22-15-13(14)19/h3-6H,2,7H2,1H3,(H3,14,15,19). The molecule has 0 aliphatic heterocycles. The van der Waals surface area contributed by atoms with Gasteiger partial charge in [0.15, 0.2) is 5.75 Å². The Bertz CT molecular complexity index is 568. The molecular weight excluding hydrogens is 296 g/mol. The van der Waals surface area contributed by atoms with E-state index in [4.69, 9.17) is 10.6 Å². The van der Waals surface area contributed by atoms with Crippen LogP contribution in [0.2, 0.25) is 0 Å². The Morgan fingerprint density at radius 3 is 2.27 bits per heavy atom. The molecular formula is C13H14N2O7. The van der Waals surface area contributed by atoms with Crippen molar-refractivity contribution in [2.45, 2.75) is 13.3 Å². The first kappa shape index (κ1) is 17.0. The first-order valence-corrected chi connectivity index (χ1v) is 6.15. The molecule has 1 rings (SSSR count). The van der Waals surface area contributed by atoms with Crippen molar-refractivity contribution in [3.63, 3.8) is 0 Å². The van der Waals surface area contributed by atoms with Crippen LogP contribution < -0.4 is 16.1 Å². The molecule has 0 aromatic heterocycles. The number of nitrogens with one attached hydrogen (secondary N) is 1. The van der Waals surface area contributed by atoms with Crippen LogP contribution in [0.15, 0.2) is 24.3 Å². The highest BCUT2D eigenvalue weighted by Crippen LogP contribution is 2.12. The van der Waals surface area contributed by atoms with E-state index in [0.29, 0.717) is 0 Å². The lowest BCUT2D eigenvalue weighted by molar-refractivity contribution is -0.151. The average molecular weight is 310 g/mol. The van der Waals surface area contributed by atoms with Gasteiger partial charge in [-0.25, -0.2) is 9.59 Å². The minimum atomic E-state index is -1.01. The smallest absolute Gasteiger partial charge is 0.345 e. The lowest BCUT2D eigenvalue weighted by Gasteiger charge is -2.06. The number of hydrogen-bond acceptors (Lipinski definition) is 7. The second kappa shape index (κ2) is 8.25. The molecule has 0 saturated carbocycles. The Kier molecular flexibility index (Phi) is 6.35. The molecule has 3 N–H and O–H groups in total. The second-order valence-corrected chi connectivity index (χ2v) is 3.84. The van der Waals surface area contributed by atoms with Gasteiger partial charge >= 0.3 is 23.9 Å². The first-order valence-electron chi connectivity index (χ1n) is 6.15. The van der Waals surface area contributed by atoms with E-state index in [9.17, 15) is 19.2 Å². The van der Waals surface area contributed by atoms with E-state index < -0.39 is 30.4 Å². The number of benzene rings is 1. The predicted octanol–water partition coefficient (Wildman–Crippen LogP) is 0.285. The van der Waals surface area contributed by atoms with Gasteiger partial charge in [-0.15, -0.1) is 0 Å². The molecule has 9 heteroatoms. The molecule has 118 valence electrons. The van der Waals surface area contributed by atoms with Crippen molar-refractivity contribution >= 4 is 23.9 Å². The van der Waals surface area contributed by atoms with Gasteiger partial charge in [0.1, 0.15) is 6.42 Å². The van der Waals surface area contributed by atoms with E-state index in [1.54, 1.807) is 6.92 Å². The minimum absolute atomic E-state index is 0.0589. The summed E-state index contributed by atoms with van der Waals surface area (Å²) < 4.78 is 9.03. The third-order valence-electron chi connectivity index (χ3n) is 2.16. The lowest BCUT2D eigenvalue weighted by atomic mass is 10.2. The second-order valence-electron chi connectivity index (χ2n) is 3.84. The molecule has 0 heterocycles. The Balaban J connectivity index is 2.53. The summed E-state index contributed by atoms with van der Waals surface area (Å²) >= 11 is 0. The molecule has 0 saturated heterocycles. The molecule has 1 aromatic rings. The summed E-state index contributed by atoms with van der Waals surface area (Å²) in [5, 5.41) is 0. The Morgan fingerprint density at radius 1 is 1.09 bits per heavy atom. The maximum atomic E-state index is 11.6. The number of nitrogens with two attached hydrogens (primary N) is 1. The zero-order valence-electron chi connectivity index (χ0n) is 11.7. The predicted molar refractivity (Wildman–Crippen MR) is 71.5 cm³/mol. The van der Waals surface area contributed by atoms with Crippen LogP contribution in [0.3, 0.4) is 0 Å². The number of ether oxygens (including phenoxy) is 2. The van der Waals surface area contributed by atoms with E-state index in [2.05, 4.69) is 9.47 Å². The van der Waals surface area contributed by atoms with Crippen LogP contribution in [-0.4, -0.2) is 30.5 Å². The van der Waals surface area contributed by atoms with Gasteiger partial charge in [-0.1, -0.05) is 0 Å². The number of hydroxylamine groups is 1. The fourth-order valence-electron chi connectivity index (χ4n) is 1.30. The number of esters is 3. The number of carbonyl (C=O) groups is 4. The van der Waals surface area contributed by atoms with Crippen LogP contribution in [0.4, 0.5) is 4.79 Å². The van der Waals surface area contributed by atoms with Crippen molar-refractivity contribution < 1.29 is 33.5 Å². The van der Waals surface area contributed by atoms with Crippen LogP contribution in [0.25, 0.3) is 0 Å². The van der Waals surface area contributed by atoms with Gasteiger partial charge in [0, 0.05) is 0 Å². The number of amides is 2. The molecule has 22 heavy (non-hydrogen) atoms. The van der Waals surface area contributed by atoms with Gasteiger partial charge in [-0.3, -0.25) is 9.59 Å². The van der Waals surface area contributed by atoms with Crippen molar-refractivity contribution in [1.82, 2.24) is 5.48 Å². The number of carbonyl (C=O) groups excluding carboxylic acids is 4. The van der Waals surface area contributed by atoms with E-state index in [-0.39, 0.29) is 17.9 Å². The molecule has 0 unspecified atom stereocenters. The Labute approximate surface area is 125 Å². The van der Waals surface area contributed by atoms with Crippen molar-refractivity contribution in [3.05, 3.63) is 29.8 Å². The van der Waals surface area contributed by atoms with Gasteiger partial charge in [-0.05, 0) is 31.2 Å². The fraction of sp³-hybridized carbons (Fsp3) is 0.231. The van der Waals surface area contributed by atoms with E-state index >= 15 is 0 Å². The van der Waals surface area contributed by atoms with Crippen LogP contribution >= 0.6 is 0 Å². The third-order valence-corrected chi connectivity index (χ3v) is 2.16. The van der Waals surface area contributed by atoms with Crippen LogP contribution in [0.1, 0.15) is 23.7 Å². The zero-order chi connectivity index (χ0) is 16.5.